The number of carboxylic acid groups (broad SMARTS) is 1. The molecule has 2 unspecified atom stereocenters. The Bertz CT molecular complexity index is 383. The molecule has 0 radical (unpaired) electrons. The van der Waals surface area contributed by atoms with Crippen LogP contribution in [0.2, 0.25) is 0 Å². The first-order valence-electron chi connectivity index (χ1n) is 5.97. The lowest BCUT2D eigenvalue weighted by atomic mass is 9.89. The number of hydrogen-bond donors (Lipinski definition) is 1. The number of carbonyl (C=O) groups is 1. The van der Waals surface area contributed by atoms with Gasteiger partial charge < -0.3 is 10.0 Å². The van der Waals surface area contributed by atoms with E-state index in [1.165, 1.54) is 6.33 Å². The van der Waals surface area contributed by atoms with Crippen LogP contribution >= 0.6 is 0 Å². The van der Waals surface area contributed by atoms with E-state index in [1.54, 1.807) is 12.3 Å². The second kappa shape index (κ2) is 5.12. The lowest BCUT2D eigenvalue weighted by molar-refractivity contribution is -0.139. The Morgan fingerprint density at radius 1 is 1.65 bits per heavy atom. The molecule has 0 bridgehead atoms. The zero-order valence-electron chi connectivity index (χ0n) is 9.91. The molecule has 1 aromatic heterocycles. The zero-order chi connectivity index (χ0) is 12.3. The fourth-order valence-electron chi connectivity index (χ4n) is 2.37. The highest BCUT2D eigenvalue weighted by Crippen LogP contribution is 2.28. The number of aliphatic carboxylic acids is 1. The average Bonchev–Trinajstić information content (AvgIpc) is 2.39. The second-order valence-corrected chi connectivity index (χ2v) is 4.41. The molecule has 1 fully saturated rings. The number of nitrogens with zero attached hydrogens (tertiary/aromatic N) is 3. The summed E-state index contributed by atoms with van der Waals surface area (Å²) < 4.78 is 0. The summed E-state index contributed by atoms with van der Waals surface area (Å²) in [6, 6.07) is 1.31. The molecule has 2 rings (SSSR count). The van der Waals surface area contributed by atoms with Gasteiger partial charge in [0.05, 0.1) is 0 Å². The Kier molecular flexibility index (Phi) is 3.56. The maximum Gasteiger partial charge on any atom is 0.326 e. The van der Waals surface area contributed by atoms with E-state index in [0.717, 1.165) is 19.4 Å². The molecule has 5 heteroatoms. The Morgan fingerprint density at radius 2 is 2.47 bits per heavy atom. The molecule has 17 heavy (non-hydrogen) atoms. The van der Waals surface area contributed by atoms with Crippen molar-refractivity contribution in [1.82, 2.24) is 9.97 Å². The Balaban J connectivity index is 2.19. The van der Waals surface area contributed by atoms with Crippen LogP contribution in [0.15, 0.2) is 18.6 Å². The van der Waals surface area contributed by atoms with E-state index in [4.69, 9.17) is 0 Å². The van der Waals surface area contributed by atoms with Crippen LogP contribution in [0.4, 0.5) is 5.82 Å². The monoisotopic (exact) mass is 235 g/mol. The van der Waals surface area contributed by atoms with Crippen molar-refractivity contribution in [2.75, 3.05) is 11.4 Å². The highest BCUT2D eigenvalue weighted by atomic mass is 16.4. The van der Waals surface area contributed by atoms with Crippen LogP contribution in [-0.2, 0) is 4.79 Å². The van der Waals surface area contributed by atoms with Gasteiger partial charge in [0, 0.05) is 12.7 Å². The number of piperidine rings is 1. The molecule has 1 aliphatic heterocycles. The van der Waals surface area contributed by atoms with Gasteiger partial charge in [0.2, 0.25) is 0 Å². The van der Waals surface area contributed by atoms with Crippen LogP contribution < -0.4 is 4.90 Å². The zero-order valence-corrected chi connectivity index (χ0v) is 9.91. The molecule has 1 saturated heterocycles. The summed E-state index contributed by atoms with van der Waals surface area (Å²) in [5, 5.41) is 9.30. The molecule has 1 aromatic rings. The first kappa shape index (κ1) is 11.8. The van der Waals surface area contributed by atoms with Crippen LogP contribution in [0.5, 0.6) is 0 Å². The minimum absolute atomic E-state index is 0.455. The number of rotatable bonds is 3. The molecule has 0 amide bonds. The standard InChI is InChI=1S/C12H17N3O2/c1-2-9-4-6-15(10(7-9)12(16)17)11-3-5-13-8-14-11/h3,5,8-10H,2,4,6-7H2,1H3,(H,16,17). The summed E-state index contributed by atoms with van der Waals surface area (Å²) in [5.74, 6) is 0.456. The molecule has 1 aliphatic rings. The van der Waals surface area contributed by atoms with Gasteiger partial charge in [-0.25, -0.2) is 14.8 Å². The average molecular weight is 235 g/mol. The van der Waals surface area contributed by atoms with E-state index >= 15 is 0 Å². The first-order chi connectivity index (χ1) is 8.22. The SMILES string of the molecule is CCC1CCN(c2ccncn2)C(C(=O)O)C1. The third kappa shape index (κ3) is 2.54. The van der Waals surface area contributed by atoms with Gasteiger partial charge in [0.1, 0.15) is 18.2 Å². The quantitative estimate of drug-likeness (QED) is 0.861. The highest BCUT2D eigenvalue weighted by molar-refractivity contribution is 5.78. The third-order valence-corrected chi connectivity index (χ3v) is 3.43. The van der Waals surface area contributed by atoms with Gasteiger partial charge in [-0.15, -0.1) is 0 Å². The van der Waals surface area contributed by atoms with Gasteiger partial charge in [0.15, 0.2) is 0 Å². The van der Waals surface area contributed by atoms with E-state index in [1.807, 2.05) is 4.90 Å². The second-order valence-electron chi connectivity index (χ2n) is 4.41. The minimum Gasteiger partial charge on any atom is -0.480 e. The maximum atomic E-state index is 11.3. The van der Waals surface area contributed by atoms with Crippen molar-refractivity contribution in [2.24, 2.45) is 5.92 Å². The molecule has 0 saturated carbocycles. The first-order valence-corrected chi connectivity index (χ1v) is 5.97. The third-order valence-electron chi connectivity index (χ3n) is 3.43. The molecule has 5 nitrogen and oxygen atoms in total. The molecule has 0 spiro atoms. The molecule has 1 N–H and O–H groups in total. The van der Waals surface area contributed by atoms with Crippen molar-refractivity contribution in [3.8, 4) is 0 Å². The van der Waals surface area contributed by atoms with Gasteiger partial charge in [-0.05, 0) is 24.8 Å². The highest BCUT2D eigenvalue weighted by Gasteiger charge is 2.33. The summed E-state index contributed by atoms with van der Waals surface area (Å²) in [6.07, 6.45) is 5.88. The predicted molar refractivity (Wildman–Crippen MR) is 63.8 cm³/mol. The topological polar surface area (TPSA) is 66.3 Å². The van der Waals surface area contributed by atoms with Gasteiger partial charge in [-0.1, -0.05) is 13.3 Å². The number of hydrogen-bond acceptors (Lipinski definition) is 4. The minimum atomic E-state index is -0.762. The van der Waals surface area contributed by atoms with Crippen molar-refractivity contribution >= 4 is 11.8 Å². The summed E-state index contributed by atoms with van der Waals surface area (Å²) in [7, 11) is 0. The van der Waals surface area contributed by atoms with E-state index in [0.29, 0.717) is 18.2 Å². The van der Waals surface area contributed by atoms with Crippen molar-refractivity contribution in [3.05, 3.63) is 18.6 Å². The summed E-state index contributed by atoms with van der Waals surface area (Å²) >= 11 is 0. The van der Waals surface area contributed by atoms with Gasteiger partial charge in [0.25, 0.3) is 0 Å². The Labute approximate surface area is 100 Å². The molecular formula is C12H17N3O2. The summed E-state index contributed by atoms with van der Waals surface area (Å²) in [5.41, 5.74) is 0. The van der Waals surface area contributed by atoms with E-state index in [2.05, 4.69) is 16.9 Å². The number of anilines is 1. The van der Waals surface area contributed by atoms with Gasteiger partial charge in [-0.2, -0.15) is 0 Å². The number of aromatic nitrogens is 2. The number of carboxylic acids is 1. The van der Waals surface area contributed by atoms with E-state index in [-0.39, 0.29) is 0 Å². The normalized spacial score (nSPS) is 24.6. The molecule has 92 valence electrons. The molecule has 2 atom stereocenters. The van der Waals surface area contributed by atoms with Crippen LogP contribution in [0.3, 0.4) is 0 Å². The molecule has 2 heterocycles. The van der Waals surface area contributed by atoms with Crippen molar-refractivity contribution in [1.29, 1.82) is 0 Å². The Morgan fingerprint density at radius 3 is 3.06 bits per heavy atom. The predicted octanol–water partition coefficient (Wildman–Crippen LogP) is 1.56. The lowest BCUT2D eigenvalue weighted by Gasteiger charge is -2.37. The van der Waals surface area contributed by atoms with E-state index in [9.17, 15) is 9.90 Å². The smallest absolute Gasteiger partial charge is 0.326 e. The van der Waals surface area contributed by atoms with Crippen LogP contribution in [-0.4, -0.2) is 33.6 Å². The van der Waals surface area contributed by atoms with Gasteiger partial charge in [-0.3, -0.25) is 0 Å². The van der Waals surface area contributed by atoms with Crippen LogP contribution in [0, 0.1) is 5.92 Å². The van der Waals surface area contributed by atoms with Gasteiger partial charge >= 0.3 is 5.97 Å². The molecular weight excluding hydrogens is 218 g/mol. The maximum absolute atomic E-state index is 11.3. The Hall–Kier alpha value is -1.65. The fraction of sp³-hybridized carbons (Fsp3) is 0.583. The fourth-order valence-corrected chi connectivity index (χ4v) is 2.37. The van der Waals surface area contributed by atoms with Crippen LogP contribution in [0.25, 0.3) is 0 Å². The van der Waals surface area contributed by atoms with E-state index < -0.39 is 12.0 Å². The summed E-state index contributed by atoms with van der Waals surface area (Å²) in [6.45, 7) is 2.87. The van der Waals surface area contributed by atoms with Crippen LogP contribution in [0.1, 0.15) is 26.2 Å². The van der Waals surface area contributed by atoms with Crippen molar-refractivity contribution in [3.63, 3.8) is 0 Å². The molecule has 0 aromatic carbocycles. The molecule has 0 aliphatic carbocycles. The lowest BCUT2D eigenvalue weighted by Crippen LogP contribution is -2.47. The summed E-state index contributed by atoms with van der Waals surface area (Å²) in [4.78, 5) is 21.2. The van der Waals surface area contributed by atoms with Crippen molar-refractivity contribution in [2.45, 2.75) is 32.2 Å². The van der Waals surface area contributed by atoms with Crippen molar-refractivity contribution < 1.29 is 9.90 Å². The largest absolute Gasteiger partial charge is 0.480 e.